The molecular weight excluding hydrogens is 498 g/mol. The molecule has 4 rings (SSSR count). The van der Waals surface area contributed by atoms with Crippen molar-refractivity contribution in [3.8, 4) is 0 Å². The van der Waals surface area contributed by atoms with Crippen LogP contribution in [0.25, 0.3) is 11.0 Å². The summed E-state index contributed by atoms with van der Waals surface area (Å²) >= 11 is 1.07. The number of hydrogen-bond donors (Lipinski definition) is 1. The molecule has 0 radical (unpaired) electrons. The molecule has 0 saturated carbocycles. The van der Waals surface area contributed by atoms with E-state index in [0.29, 0.717) is 16.6 Å². The van der Waals surface area contributed by atoms with Gasteiger partial charge in [-0.25, -0.2) is 13.1 Å². The van der Waals surface area contributed by atoms with Crippen molar-refractivity contribution in [3.05, 3.63) is 89.5 Å². The number of sulfonamides is 1. The largest absolute Gasteiger partial charge is 0.469 e. The number of rotatable bonds is 9. The third kappa shape index (κ3) is 5.95. The molecule has 2 atom stereocenters. The zero-order valence-corrected chi connectivity index (χ0v) is 21.4. The fourth-order valence-corrected chi connectivity index (χ4v) is 5.47. The molecule has 8 nitrogen and oxygen atoms in total. The number of nitrogens with zero attached hydrogens (tertiary/aromatic N) is 2. The number of esters is 1. The Morgan fingerprint density at radius 2 is 1.61 bits per heavy atom. The Bertz CT molecular complexity index is 1470. The molecule has 0 aliphatic rings. The Morgan fingerprint density at radius 1 is 0.944 bits per heavy atom. The van der Waals surface area contributed by atoms with E-state index < -0.39 is 21.8 Å². The van der Waals surface area contributed by atoms with Gasteiger partial charge in [0.25, 0.3) is 10.0 Å². The fraction of sp³-hybridized carbons (Fsp3) is 0.231. The Morgan fingerprint density at radius 3 is 2.31 bits per heavy atom. The molecule has 186 valence electrons. The van der Waals surface area contributed by atoms with E-state index >= 15 is 0 Å². The van der Waals surface area contributed by atoms with E-state index in [1.807, 2.05) is 31.2 Å². The lowest BCUT2D eigenvalue weighted by molar-refractivity contribution is -0.141. The summed E-state index contributed by atoms with van der Waals surface area (Å²) in [5.41, 5.74) is 3.81. The van der Waals surface area contributed by atoms with Gasteiger partial charge in [-0.1, -0.05) is 55.5 Å². The van der Waals surface area contributed by atoms with Crippen molar-refractivity contribution in [1.82, 2.24) is 13.5 Å². The average Bonchev–Trinajstić information content (AvgIpc) is 3.35. The molecule has 36 heavy (non-hydrogen) atoms. The molecule has 2 unspecified atom stereocenters. The molecule has 0 aliphatic carbocycles. The number of amides is 1. The van der Waals surface area contributed by atoms with Gasteiger partial charge in [0.1, 0.15) is 11.0 Å². The van der Waals surface area contributed by atoms with Gasteiger partial charge in [0, 0.05) is 0 Å². The molecule has 0 aliphatic heterocycles. The average molecular weight is 524 g/mol. The number of hydrogen-bond acceptors (Lipinski definition) is 8. The van der Waals surface area contributed by atoms with Crippen LogP contribution in [0.4, 0.5) is 0 Å². The molecule has 0 spiro atoms. The van der Waals surface area contributed by atoms with E-state index in [1.54, 1.807) is 36.4 Å². The van der Waals surface area contributed by atoms with Crippen LogP contribution < -0.4 is 4.72 Å². The first-order valence-corrected chi connectivity index (χ1v) is 13.5. The van der Waals surface area contributed by atoms with Crippen molar-refractivity contribution in [1.29, 1.82) is 0 Å². The normalized spacial score (nSPS) is 13.2. The lowest BCUT2D eigenvalue weighted by Crippen LogP contribution is -2.35. The highest BCUT2D eigenvalue weighted by atomic mass is 32.2. The quantitative estimate of drug-likeness (QED) is 0.327. The maximum atomic E-state index is 13.4. The van der Waals surface area contributed by atoms with E-state index in [-0.39, 0.29) is 29.6 Å². The van der Waals surface area contributed by atoms with Gasteiger partial charge in [0.05, 0.1) is 36.1 Å². The van der Waals surface area contributed by atoms with Crippen molar-refractivity contribution in [3.63, 3.8) is 0 Å². The number of carbonyl (C=O) groups is 2. The second-order valence-electron chi connectivity index (χ2n) is 8.47. The summed E-state index contributed by atoms with van der Waals surface area (Å²) in [5.74, 6) is -1.73. The molecule has 1 heterocycles. The van der Waals surface area contributed by atoms with Crippen molar-refractivity contribution in [2.24, 2.45) is 0 Å². The van der Waals surface area contributed by atoms with Gasteiger partial charge >= 0.3 is 5.97 Å². The predicted molar refractivity (Wildman–Crippen MR) is 137 cm³/mol. The van der Waals surface area contributed by atoms with E-state index in [2.05, 4.69) is 13.5 Å². The minimum atomic E-state index is -4.04. The van der Waals surface area contributed by atoms with Crippen LogP contribution >= 0.6 is 11.7 Å². The van der Waals surface area contributed by atoms with Crippen LogP contribution in [-0.4, -0.2) is 36.2 Å². The molecule has 4 aromatic rings. The van der Waals surface area contributed by atoms with E-state index in [1.165, 1.54) is 19.2 Å². The molecule has 10 heteroatoms. The summed E-state index contributed by atoms with van der Waals surface area (Å²) < 4.78 is 41.1. The minimum absolute atomic E-state index is 0.0141. The van der Waals surface area contributed by atoms with Crippen LogP contribution in [0.2, 0.25) is 0 Å². The fourth-order valence-electron chi connectivity index (χ4n) is 3.91. The van der Waals surface area contributed by atoms with Gasteiger partial charge in [-0.2, -0.15) is 8.75 Å². The molecule has 1 aromatic heterocycles. The van der Waals surface area contributed by atoms with Gasteiger partial charge in [-0.05, 0) is 53.3 Å². The van der Waals surface area contributed by atoms with Crippen LogP contribution in [-0.2, 0) is 30.8 Å². The second-order valence-corrected chi connectivity index (χ2v) is 10.7. The topological polar surface area (TPSA) is 115 Å². The summed E-state index contributed by atoms with van der Waals surface area (Å²) in [4.78, 5) is 25.0. The lowest BCUT2D eigenvalue weighted by Gasteiger charge is -2.18. The van der Waals surface area contributed by atoms with Crippen LogP contribution in [0.5, 0.6) is 0 Å². The number of nitrogens with one attached hydrogen (secondary N) is 1. The SMILES string of the molecule is COC(=O)CC(C)c1ccc(CC(C(=O)NS(=O)(=O)c2ccccc2)c2ccc3nsnc3c2)cc1. The standard InChI is InChI=1S/C26H25N3O5S2/c1-17(14-25(30)34-2)19-10-8-18(9-11-19)15-22(20-12-13-23-24(16-20)28-35-27-23)26(31)29-36(32,33)21-6-4-3-5-7-21/h3-13,16-17,22H,14-15H2,1-2H3,(H,29,31). The number of fused-ring (bicyclic) bond motifs is 1. The molecule has 1 amide bonds. The smallest absolute Gasteiger partial charge is 0.306 e. The highest BCUT2D eigenvalue weighted by Gasteiger charge is 2.27. The molecule has 1 N–H and O–H groups in total. The number of ether oxygens (including phenoxy) is 1. The lowest BCUT2D eigenvalue weighted by atomic mass is 9.89. The zero-order chi connectivity index (χ0) is 25.7. The minimum Gasteiger partial charge on any atom is -0.469 e. The highest BCUT2D eigenvalue weighted by molar-refractivity contribution is 7.90. The maximum absolute atomic E-state index is 13.4. The third-order valence-electron chi connectivity index (χ3n) is 5.97. The van der Waals surface area contributed by atoms with Crippen LogP contribution in [0.15, 0.2) is 77.7 Å². The van der Waals surface area contributed by atoms with Gasteiger partial charge in [-0.15, -0.1) is 0 Å². The van der Waals surface area contributed by atoms with Gasteiger partial charge in [-0.3, -0.25) is 9.59 Å². The number of carbonyl (C=O) groups excluding carboxylic acids is 2. The zero-order valence-electron chi connectivity index (χ0n) is 19.7. The molecule has 0 fully saturated rings. The summed E-state index contributed by atoms with van der Waals surface area (Å²) in [5, 5.41) is 0. The molecule has 0 saturated heterocycles. The first-order chi connectivity index (χ1) is 17.3. The first-order valence-electron chi connectivity index (χ1n) is 11.3. The van der Waals surface area contributed by atoms with Crippen molar-refractivity contribution in [2.45, 2.75) is 36.5 Å². The Hall–Kier alpha value is -3.63. The van der Waals surface area contributed by atoms with Gasteiger partial charge in [0.15, 0.2) is 0 Å². The maximum Gasteiger partial charge on any atom is 0.306 e. The summed E-state index contributed by atoms with van der Waals surface area (Å²) in [6.07, 6.45) is 0.533. The third-order valence-corrected chi connectivity index (χ3v) is 7.89. The first kappa shape index (κ1) is 25.5. The highest BCUT2D eigenvalue weighted by Crippen LogP contribution is 2.27. The number of methoxy groups -OCH3 is 1. The Balaban J connectivity index is 1.61. The Kier molecular flexibility index (Phi) is 7.76. The molecular formula is C26H25N3O5S2. The monoisotopic (exact) mass is 523 g/mol. The summed E-state index contributed by atoms with van der Waals surface area (Å²) in [6, 6.07) is 20.7. The van der Waals surface area contributed by atoms with E-state index in [9.17, 15) is 18.0 Å². The van der Waals surface area contributed by atoms with Crippen molar-refractivity contribution < 1.29 is 22.7 Å². The number of aromatic nitrogens is 2. The second kappa shape index (κ2) is 11.0. The van der Waals surface area contributed by atoms with Crippen LogP contribution in [0.3, 0.4) is 0 Å². The molecule has 0 bridgehead atoms. The van der Waals surface area contributed by atoms with Crippen LogP contribution in [0, 0.1) is 0 Å². The molecule has 3 aromatic carbocycles. The van der Waals surface area contributed by atoms with Crippen molar-refractivity contribution >= 4 is 44.7 Å². The van der Waals surface area contributed by atoms with E-state index in [0.717, 1.165) is 22.9 Å². The van der Waals surface area contributed by atoms with Crippen LogP contribution in [0.1, 0.15) is 41.9 Å². The van der Waals surface area contributed by atoms with Crippen molar-refractivity contribution in [2.75, 3.05) is 7.11 Å². The van der Waals surface area contributed by atoms with Gasteiger partial charge in [0.2, 0.25) is 5.91 Å². The summed E-state index contributed by atoms with van der Waals surface area (Å²) in [6.45, 7) is 1.94. The number of benzene rings is 3. The Labute approximate surface area is 213 Å². The summed E-state index contributed by atoms with van der Waals surface area (Å²) in [7, 11) is -2.68. The van der Waals surface area contributed by atoms with E-state index in [4.69, 9.17) is 4.74 Å². The predicted octanol–water partition coefficient (Wildman–Crippen LogP) is 4.19. The van der Waals surface area contributed by atoms with Gasteiger partial charge < -0.3 is 4.74 Å².